The molecule has 0 aromatic heterocycles. The van der Waals surface area contributed by atoms with Gasteiger partial charge in [-0.25, -0.2) is 4.18 Å². The average Bonchev–Trinajstić information content (AvgIpc) is 3.08. The zero-order valence-electron chi connectivity index (χ0n) is 33.9. The van der Waals surface area contributed by atoms with Crippen molar-refractivity contribution in [1.29, 1.82) is 0 Å². The Kier molecular flexibility index (Phi) is 42.9. The van der Waals surface area contributed by atoms with E-state index in [0.717, 1.165) is 38.5 Å². The molecule has 0 fully saturated rings. The van der Waals surface area contributed by atoms with E-state index in [1.807, 2.05) is 6.08 Å². The summed E-state index contributed by atoms with van der Waals surface area (Å²) in [4.78, 5) is 4.04. The predicted molar refractivity (Wildman–Crippen MR) is 212 cm³/mol. The Balaban J connectivity index is 0. The molecule has 0 aromatic rings. The molecule has 51 heavy (non-hydrogen) atoms. The van der Waals surface area contributed by atoms with Crippen molar-refractivity contribution in [3.8, 4) is 0 Å². The van der Waals surface area contributed by atoms with Gasteiger partial charge in [0.05, 0.1) is 12.7 Å². The number of allylic oxidation sites excluding steroid dienone is 1. The van der Waals surface area contributed by atoms with E-state index in [-0.39, 0.29) is 41.9 Å². The first kappa shape index (κ1) is 53.1. The molecule has 0 amide bonds. The molecule has 0 saturated carbocycles. The fourth-order valence-electron chi connectivity index (χ4n) is 6.62. The second-order valence-electron chi connectivity index (χ2n) is 14.9. The second kappa shape index (κ2) is 41.2. The van der Waals surface area contributed by atoms with Crippen LogP contribution < -0.4 is 34.7 Å². The van der Waals surface area contributed by atoms with Crippen molar-refractivity contribution in [3.05, 3.63) is 12.2 Å². The topological polar surface area (TPSA) is 119 Å². The van der Waals surface area contributed by atoms with E-state index in [1.54, 1.807) is 6.08 Å². The summed E-state index contributed by atoms with van der Waals surface area (Å²) in [7, 11) is -4.69. The molecule has 0 aromatic carbocycles. The minimum absolute atomic E-state index is 0. The van der Waals surface area contributed by atoms with Crippen LogP contribution in [0.1, 0.15) is 232 Å². The van der Waals surface area contributed by atoms with Crippen LogP contribution in [0, 0.1) is 0 Å². The van der Waals surface area contributed by atoms with Crippen LogP contribution in [0.2, 0.25) is 0 Å². The van der Waals surface area contributed by atoms with Crippen LogP contribution in [0.3, 0.4) is 0 Å². The number of aliphatic hydroxyl groups is 1. The molecule has 9 heteroatoms. The molecule has 0 aliphatic rings. The molecule has 0 spiro atoms. The zero-order chi connectivity index (χ0) is 36.8. The summed E-state index contributed by atoms with van der Waals surface area (Å²) in [6.07, 6.45) is 44.6. The van der Waals surface area contributed by atoms with E-state index in [0.29, 0.717) is 0 Å². The van der Waals surface area contributed by atoms with Crippen molar-refractivity contribution in [2.45, 2.75) is 244 Å². The normalized spacial score (nSPS) is 13.5. The molecule has 0 aliphatic carbocycles. The number of hydrogen-bond acceptors (Lipinski definition) is 6. The van der Waals surface area contributed by atoms with E-state index in [2.05, 4.69) is 23.0 Å². The Morgan fingerprint density at radius 3 is 1.24 bits per heavy atom. The third-order valence-corrected chi connectivity index (χ3v) is 10.3. The smallest absolute Gasteiger partial charge is 0.862 e. The quantitative estimate of drug-likeness (QED) is 0.0161. The van der Waals surface area contributed by atoms with Gasteiger partial charge in [-0.1, -0.05) is 219 Å². The minimum atomic E-state index is -4.69. The van der Waals surface area contributed by atoms with Gasteiger partial charge in [-0.2, -0.15) is 8.42 Å². The van der Waals surface area contributed by atoms with Crippen LogP contribution in [0.5, 0.6) is 0 Å². The SMILES string of the molecule is CCCCCCCCCCCCC/C=C/[C@@H](O)[C@H](COS(=O)(=O)O)N=C([O-])CCCCCCCCCCCCCCCCCCCCCCC.[Na+]. The fourth-order valence-corrected chi connectivity index (χ4v) is 6.93. The fraction of sp³-hybridized carbons (Fsp3) is 0.929. The summed E-state index contributed by atoms with van der Waals surface area (Å²) in [6.45, 7) is 3.95. The number of nitrogens with zero attached hydrogens (tertiary/aromatic N) is 1. The molecule has 0 unspecified atom stereocenters. The van der Waals surface area contributed by atoms with Crippen LogP contribution in [0.25, 0.3) is 0 Å². The third kappa shape index (κ3) is 42.6. The van der Waals surface area contributed by atoms with Crippen LogP contribution >= 0.6 is 0 Å². The van der Waals surface area contributed by atoms with E-state index in [1.165, 1.54) is 173 Å². The van der Waals surface area contributed by atoms with Crippen LogP contribution in [0.15, 0.2) is 17.1 Å². The van der Waals surface area contributed by atoms with Gasteiger partial charge in [0.15, 0.2) is 0 Å². The van der Waals surface area contributed by atoms with Gasteiger partial charge in [-0.05, 0) is 31.6 Å². The first-order valence-corrected chi connectivity index (χ1v) is 22.9. The molecule has 298 valence electrons. The molecular weight excluding hydrogens is 670 g/mol. The number of aliphatic hydroxyl groups excluding tert-OH is 1. The summed E-state index contributed by atoms with van der Waals surface area (Å²) in [5.74, 6) is -0.371. The largest absolute Gasteiger partial charge is 1.00 e. The summed E-state index contributed by atoms with van der Waals surface area (Å²) in [6, 6.07) is -1.08. The Bertz CT molecular complexity index is 869. The third-order valence-electron chi connectivity index (χ3n) is 9.89. The average molecular weight is 752 g/mol. The molecule has 0 heterocycles. The Labute approximate surface area is 339 Å². The molecule has 0 radical (unpaired) electrons. The molecular formula is C42H82NNaO6S. The first-order valence-electron chi connectivity index (χ1n) is 21.5. The van der Waals surface area contributed by atoms with Gasteiger partial charge < -0.3 is 10.2 Å². The molecule has 0 bridgehead atoms. The Morgan fingerprint density at radius 1 is 0.588 bits per heavy atom. The molecule has 0 rings (SSSR count). The summed E-state index contributed by atoms with van der Waals surface area (Å²) in [5.41, 5.74) is 0. The van der Waals surface area contributed by atoms with Crippen molar-refractivity contribution in [1.82, 2.24) is 0 Å². The standard InChI is InChI=1S/C42H83NO6S.Na/c1-3-5-7-9-11-13-15-17-18-19-20-21-22-23-24-26-28-30-32-34-36-38-42(45)43-40(39-49-50(46,47)48)41(44)37-35-33-31-29-27-25-16-14-12-10-8-6-4-2;/h35,37,40-41,44H,3-34,36,38-39H2,1-2H3,(H,43,45)(H,46,47,48);/q;+1/p-1/b37-35+;/t40-,41+;/m0./s1. The van der Waals surface area contributed by atoms with E-state index < -0.39 is 29.2 Å². The molecule has 2 N–H and O–H groups in total. The monoisotopic (exact) mass is 752 g/mol. The number of hydrogen-bond donors (Lipinski definition) is 2. The predicted octanol–water partition coefficient (Wildman–Crippen LogP) is 9.16. The maximum absolute atomic E-state index is 12.5. The Hall–Kier alpha value is 0.0400. The first-order chi connectivity index (χ1) is 24.3. The number of rotatable bonds is 40. The van der Waals surface area contributed by atoms with Crippen LogP contribution in [-0.2, 0) is 14.6 Å². The van der Waals surface area contributed by atoms with Crippen molar-refractivity contribution in [3.63, 3.8) is 0 Å². The van der Waals surface area contributed by atoms with Crippen molar-refractivity contribution < 1.29 is 56.9 Å². The Morgan fingerprint density at radius 2 is 0.902 bits per heavy atom. The van der Waals surface area contributed by atoms with E-state index in [4.69, 9.17) is 4.55 Å². The van der Waals surface area contributed by atoms with Crippen LogP contribution in [-0.4, -0.2) is 42.7 Å². The maximum Gasteiger partial charge on any atom is 1.00 e. The molecule has 7 nitrogen and oxygen atoms in total. The number of unbranched alkanes of at least 4 members (excludes halogenated alkanes) is 31. The zero-order valence-corrected chi connectivity index (χ0v) is 36.8. The van der Waals surface area contributed by atoms with Gasteiger partial charge >= 0.3 is 40.0 Å². The van der Waals surface area contributed by atoms with E-state index in [9.17, 15) is 18.6 Å². The summed E-state index contributed by atoms with van der Waals surface area (Å²) < 4.78 is 35.7. The van der Waals surface area contributed by atoms with Gasteiger partial charge in [-0.3, -0.25) is 9.55 Å². The van der Waals surface area contributed by atoms with Gasteiger partial charge in [0.1, 0.15) is 6.04 Å². The van der Waals surface area contributed by atoms with Gasteiger partial charge in [0.2, 0.25) is 0 Å². The van der Waals surface area contributed by atoms with Gasteiger partial charge in [0, 0.05) is 0 Å². The van der Waals surface area contributed by atoms with E-state index >= 15 is 0 Å². The van der Waals surface area contributed by atoms with Crippen LogP contribution in [0.4, 0.5) is 0 Å². The summed E-state index contributed by atoms with van der Waals surface area (Å²) in [5, 5.41) is 23.1. The minimum Gasteiger partial charge on any atom is -0.862 e. The molecule has 0 aliphatic heterocycles. The van der Waals surface area contributed by atoms with Crippen molar-refractivity contribution in [2.24, 2.45) is 4.99 Å². The van der Waals surface area contributed by atoms with Crippen molar-refractivity contribution in [2.75, 3.05) is 6.61 Å². The molecule has 2 atom stereocenters. The molecule has 0 saturated heterocycles. The number of aliphatic imine (C=N–C) groups is 1. The van der Waals surface area contributed by atoms with Gasteiger partial charge in [0.25, 0.3) is 0 Å². The maximum atomic E-state index is 12.5. The van der Waals surface area contributed by atoms with Crippen molar-refractivity contribution >= 4 is 16.3 Å². The second-order valence-corrected chi connectivity index (χ2v) is 16.0. The van der Waals surface area contributed by atoms with Gasteiger partial charge in [-0.15, -0.1) is 0 Å². The summed E-state index contributed by atoms with van der Waals surface area (Å²) >= 11 is 0.